The number of ether oxygens (including phenoxy) is 1. The SMILES string of the molecule is COCC(C)(N)c1noc(-c2cncs2)n1. The predicted octanol–water partition coefficient (Wildman–Crippen LogP) is 1.01. The quantitative estimate of drug-likeness (QED) is 0.858. The lowest BCUT2D eigenvalue weighted by Crippen LogP contribution is -2.38. The first-order valence-electron chi connectivity index (χ1n) is 4.64. The third-order valence-corrected chi connectivity index (χ3v) is 2.79. The summed E-state index contributed by atoms with van der Waals surface area (Å²) in [5.41, 5.74) is 6.95. The van der Waals surface area contributed by atoms with Crippen LogP contribution in [0.5, 0.6) is 0 Å². The number of nitrogens with two attached hydrogens (primary N) is 1. The summed E-state index contributed by atoms with van der Waals surface area (Å²) in [6.45, 7) is 2.12. The summed E-state index contributed by atoms with van der Waals surface area (Å²) in [5.74, 6) is 0.864. The molecule has 0 spiro atoms. The Morgan fingerprint density at radius 3 is 3.06 bits per heavy atom. The van der Waals surface area contributed by atoms with E-state index in [1.165, 1.54) is 11.3 Å². The number of aromatic nitrogens is 3. The van der Waals surface area contributed by atoms with Gasteiger partial charge in [0.2, 0.25) is 0 Å². The van der Waals surface area contributed by atoms with Gasteiger partial charge in [-0.2, -0.15) is 4.98 Å². The molecule has 2 heterocycles. The van der Waals surface area contributed by atoms with Crippen LogP contribution in [0.1, 0.15) is 12.7 Å². The van der Waals surface area contributed by atoms with Crippen molar-refractivity contribution in [1.82, 2.24) is 15.1 Å². The average molecular weight is 240 g/mol. The first kappa shape index (κ1) is 11.2. The van der Waals surface area contributed by atoms with Gasteiger partial charge in [-0.25, -0.2) is 0 Å². The Kier molecular flexibility index (Phi) is 2.99. The first-order chi connectivity index (χ1) is 7.63. The molecule has 0 aliphatic heterocycles. The monoisotopic (exact) mass is 240 g/mol. The second kappa shape index (κ2) is 4.28. The maximum Gasteiger partial charge on any atom is 0.269 e. The molecule has 0 saturated heterocycles. The maximum atomic E-state index is 5.99. The van der Waals surface area contributed by atoms with Crippen molar-refractivity contribution in [1.29, 1.82) is 0 Å². The van der Waals surface area contributed by atoms with Gasteiger partial charge in [-0.05, 0) is 6.92 Å². The molecule has 0 bridgehead atoms. The summed E-state index contributed by atoms with van der Waals surface area (Å²) < 4.78 is 10.1. The summed E-state index contributed by atoms with van der Waals surface area (Å²) in [7, 11) is 1.58. The molecule has 0 radical (unpaired) electrons. The second-order valence-electron chi connectivity index (χ2n) is 3.64. The van der Waals surface area contributed by atoms with E-state index < -0.39 is 5.54 Å². The van der Waals surface area contributed by atoms with Gasteiger partial charge in [0.15, 0.2) is 5.82 Å². The van der Waals surface area contributed by atoms with Crippen LogP contribution in [-0.2, 0) is 10.3 Å². The van der Waals surface area contributed by atoms with Crippen LogP contribution in [-0.4, -0.2) is 28.8 Å². The summed E-state index contributed by atoms with van der Waals surface area (Å²) in [4.78, 5) is 9.00. The lowest BCUT2D eigenvalue weighted by molar-refractivity contribution is 0.135. The van der Waals surface area contributed by atoms with Gasteiger partial charge in [0, 0.05) is 7.11 Å². The third kappa shape index (κ3) is 2.11. The highest BCUT2D eigenvalue weighted by Gasteiger charge is 2.27. The molecule has 0 saturated carbocycles. The topological polar surface area (TPSA) is 87.1 Å². The molecule has 0 aliphatic carbocycles. The second-order valence-corrected chi connectivity index (χ2v) is 4.53. The highest BCUT2D eigenvalue weighted by molar-refractivity contribution is 7.13. The molecule has 2 rings (SSSR count). The van der Waals surface area contributed by atoms with Crippen LogP contribution in [0, 0.1) is 0 Å². The molecule has 86 valence electrons. The van der Waals surface area contributed by atoms with E-state index in [-0.39, 0.29) is 0 Å². The standard InChI is InChI=1S/C9H12N4O2S/c1-9(10,4-14-2)8-12-7(15-13-8)6-3-11-5-16-6/h3,5H,4,10H2,1-2H3. The Hall–Kier alpha value is -1.31. The number of thiazole rings is 1. The van der Waals surface area contributed by atoms with Crippen molar-refractivity contribution < 1.29 is 9.26 Å². The Balaban J connectivity index is 2.26. The van der Waals surface area contributed by atoms with Crippen LogP contribution in [0.2, 0.25) is 0 Å². The molecular weight excluding hydrogens is 228 g/mol. The molecule has 0 fully saturated rings. The van der Waals surface area contributed by atoms with Gasteiger partial charge in [0.25, 0.3) is 5.89 Å². The largest absolute Gasteiger partial charge is 0.382 e. The van der Waals surface area contributed by atoms with E-state index in [0.717, 1.165) is 4.88 Å². The van der Waals surface area contributed by atoms with Gasteiger partial charge in [0.05, 0.1) is 18.3 Å². The van der Waals surface area contributed by atoms with Gasteiger partial charge in [-0.3, -0.25) is 4.98 Å². The van der Waals surface area contributed by atoms with Gasteiger partial charge >= 0.3 is 0 Å². The number of rotatable bonds is 4. The summed E-state index contributed by atoms with van der Waals surface area (Å²) in [5, 5.41) is 3.85. The smallest absolute Gasteiger partial charge is 0.269 e. The third-order valence-electron chi connectivity index (χ3n) is 2.02. The number of methoxy groups -OCH3 is 1. The average Bonchev–Trinajstić information content (AvgIpc) is 2.89. The molecule has 6 nitrogen and oxygen atoms in total. The van der Waals surface area contributed by atoms with E-state index in [0.29, 0.717) is 18.3 Å². The zero-order valence-corrected chi connectivity index (χ0v) is 9.82. The van der Waals surface area contributed by atoms with Crippen molar-refractivity contribution in [3.8, 4) is 10.8 Å². The number of nitrogens with zero attached hydrogens (tertiary/aromatic N) is 3. The van der Waals surface area contributed by atoms with Crippen LogP contribution < -0.4 is 5.73 Å². The minimum Gasteiger partial charge on any atom is -0.382 e. The Morgan fingerprint density at radius 2 is 2.44 bits per heavy atom. The molecule has 0 aromatic carbocycles. The summed E-state index contributed by atoms with van der Waals surface area (Å²) in [6.07, 6.45) is 1.67. The summed E-state index contributed by atoms with van der Waals surface area (Å²) >= 11 is 1.43. The van der Waals surface area contributed by atoms with E-state index >= 15 is 0 Å². The fourth-order valence-electron chi connectivity index (χ4n) is 1.24. The van der Waals surface area contributed by atoms with Crippen molar-refractivity contribution in [2.75, 3.05) is 13.7 Å². The zero-order chi connectivity index (χ0) is 11.6. The van der Waals surface area contributed by atoms with E-state index in [1.54, 1.807) is 25.7 Å². The van der Waals surface area contributed by atoms with Crippen LogP contribution in [0.15, 0.2) is 16.2 Å². The normalized spacial score (nSPS) is 14.9. The van der Waals surface area contributed by atoms with Gasteiger partial charge < -0.3 is 15.0 Å². The molecule has 7 heteroatoms. The molecule has 1 atom stereocenters. The lowest BCUT2D eigenvalue weighted by Gasteiger charge is -2.18. The minimum absolute atomic E-state index is 0.328. The van der Waals surface area contributed by atoms with Gasteiger partial charge in [-0.15, -0.1) is 11.3 Å². The molecule has 0 aliphatic rings. The highest BCUT2D eigenvalue weighted by Crippen LogP contribution is 2.23. The molecule has 2 aromatic heterocycles. The highest BCUT2D eigenvalue weighted by atomic mass is 32.1. The van der Waals surface area contributed by atoms with Crippen molar-refractivity contribution in [2.45, 2.75) is 12.5 Å². The molecule has 1 unspecified atom stereocenters. The maximum absolute atomic E-state index is 5.99. The first-order valence-corrected chi connectivity index (χ1v) is 5.52. The Bertz CT molecular complexity index is 452. The fourth-order valence-corrected chi connectivity index (χ4v) is 1.78. The Morgan fingerprint density at radius 1 is 1.62 bits per heavy atom. The van der Waals surface area contributed by atoms with E-state index in [2.05, 4.69) is 15.1 Å². The predicted molar refractivity (Wildman–Crippen MR) is 58.8 cm³/mol. The van der Waals surface area contributed by atoms with E-state index in [4.69, 9.17) is 15.0 Å². The molecule has 2 aromatic rings. The van der Waals surface area contributed by atoms with Crippen molar-refractivity contribution in [3.63, 3.8) is 0 Å². The fraction of sp³-hybridized carbons (Fsp3) is 0.444. The van der Waals surface area contributed by atoms with Crippen molar-refractivity contribution >= 4 is 11.3 Å². The lowest BCUT2D eigenvalue weighted by atomic mass is 10.1. The van der Waals surface area contributed by atoms with Crippen LogP contribution >= 0.6 is 11.3 Å². The summed E-state index contributed by atoms with van der Waals surface area (Å²) in [6, 6.07) is 0. The van der Waals surface area contributed by atoms with Crippen molar-refractivity contribution in [3.05, 3.63) is 17.5 Å². The van der Waals surface area contributed by atoms with Crippen LogP contribution in [0.3, 0.4) is 0 Å². The van der Waals surface area contributed by atoms with Crippen LogP contribution in [0.4, 0.5) is 0 Å². The van der Waals surface area contributed by atoms with E-state index in [1.807, 2.05) is 0 Å². The number of hydrogen-bond acceptors (Lipinski definition) is 7. The van der Waals surface area contributed by atoms with E-state index in [9.17, 15) is 0 Å². The molecule has 2 N–H and O–H groups in total. The molecule has 0 amide bonds. The zero-order valence-electron chi connectivity index (χ0n) is 9.01. The van der Waals surface area contributed by atoms with Crippen molar-refractivity contribution in [2.24, 2.45) is 5.73 Å². The number of hydrogen-bond donors (Lipinski definition) is 1. The minimum atomic E-state index is -0.749. The Labute approximate surface area is 96.4 Å². The van der Waals surface area contributed by atoms with Crippen LogP contribution in [0.25, 0.3) is 10.8 Å². The molecule has 16 heavy (non-hydrogen) atoms. The van der Waals surface area contributed by atoms with Gasteiger partial charge in [0.1, 0.15) is 10.4 Å². The molecular formula is C9H12N4O2S. The van der Waals surface area contributed by atoms with Gasteiger partial charge in [-0.1, -0.05) is 5.16 Å².